The molecular weight excluding hydrogens is 224 g/mol. The van der Waals surface area contributed by atoms with Crippen LogP contribution in [-0.4, -0.2) is 23.5 Å². The van der Waals surface area contributed by atoms with Crippen LogP contribution >= 0.6 is 24.0 Å². The normalized spacial score (nSPS) is 9.93. The molecule has 4 heteroatoms. The van der Waals surface area contributed by atoms with Crippen LogP contribution in [0.3, 0.4) is 0 Å². The molecule has 1 aromatic rings. The van der Waals surface area contributed by atoms with Crippen LogP contribution in [-0.2, 0) is 0 Å². The molecular formula is C11H16N2S2. The maximum atomic E-state index is 5.51. The van der Waals surface area contributed by atoms with Gasteiger partial charge in [-0.05, 0) is 42.7 Å². The first-order valence-electron chi connectivity index (χ1n) is 4.86. The van der Waals surface area contributed by atoms with Crippen molar-refractivity contribution in [3.05, 3.63) is 29.8 Å². The van der Waals surface area contributed by atoms with E-state index in [1.54, 1.807) is 0 Å². The molecule has 0 heterocycles. The molecule has 1 rings (SSSR count). The molecule has 15 heavy (non-hydrogen) atoms. The van der Waals surface area contributed by atoms with Crippen molar-refractivity contribution >= 4 is 34.7 Å². The minimum absolute atomic E-state index is 0.448. The van der Waals surface area contributed by atoms with Crippen LogP contribution < -0.4 is 11.1 Å². The van der Waals surface area contributed by atoms with E-state index in [1.165, 1.54) is 12.2 Å². The molecule has 0 spiro atoms. The number of anilines is 1. The molecule has 1 aromatic carbocycles. The maximum Gasteiger partial charge on any atom is 0.103 e. The number of nitrogens with two attached hydrogens (primary N) is 1. The molecule has 0 aliphatic carbocycles. The summed E-state index contributed by atoms with van der Waals surface area (Å²) in [5.41, 5.74) is 7.55. The van der Waals surface area contributed by atoms with E-state index >= 15 is 0 Å². The lowest BCUT2D eigenvalue weighted by Crippen LogP contribution is -2.09. The van der Waals surface area contributed by atoms with Crippen molar-refractivity contribution in [2.45, 2.75) is 6.42 Å². The number of hydrogen-bond acceptors (Lipinski definition) is 3. The predicted octanol–water partition coefficient (Wildman–Crippen LogP) is 2.49. The van der Waals surface area contributed by atoms with Crippen molar-refractivity contribution < 1.29 is 0 Å². The molecule has 2 nitrogen and oxygen atoms in total. The van der Waals surface area contributed by atoms with Gasteiger partial charge in [0.2, 0.25) is 0 Å². The van der Waals surface area contributed by atoms with Gasteiger partial charge in [-0.3, -0.25) is 0 Å². The van der Waals surface area contributed by atoms with E-state index in [-0.39, 0.29) is 0 Å². The lowest BCUT2D eigenvalue weighted by molar-refractivity contribution is 0.993. The molecule has 0 unspecified atom stereocenters. The molecule has 0 fully saturated rings. The lowest BCUT2D eigenvalue weighted by atomic mass is 10.2. The van der Waals surface area contributed by atoms with Crippen LogP contribution in [0.25, 0.3) is 0 Å². The van der Waals surface area contributed by atoms with Crippen molar-refractivity contribution in [2.24, 2.45) is 5.73 Å². The van der Waals surface area contributed by atoms with Gasteiger partial charge in [0.05, 0.1) is 0 Å². The molecule has 0 saturated carbocycles. The van der Waals surface area contributed by atoms with Gasteiger partial charge in [0.25, 0.3) is 0 Å². The molecule has 0 saturated heterocycles. The van der Waals surface area contributed by atoms with Crippen LogP contribution in [0.2, 0.25) is 0 Å². The second-order valence-corrected chi connectivity index (χ2v) is 4.64. The first kappa shape index (κ1) is 12.3. The highest BCUT2D eigenvalue weighted by molar-refractivity contribution is 7.98. The fourth-order valence-corrected chi connectivity index (χ4v) is 1.77. The smallest absolute Gasteiger partial charge is 0.103 e. The molecule has 82 valence electrons. The minimum atomic E-state index is 0.448. The summed E-state index contributed by atoms with van der Waals surface area (Å²) in [6.45, 7) is 1.01. The Bertz CT molecular complexity index is 309. The first-order chi connectivity index (χ1) is 7.24. The zero-order valence-corrected chi connectivity index (χ0v) is 10.5. The van der Waals surface area contributed by atoms with E-state index < -0.39 is 0 Å². The van der Waals surface area contributed by atoms with Gasteiger partial charge in [0, 0.05) is 17.8 Å². The molecule has 0 aliphatic rings. The summed E-state index contributed by atoms with van der Waals surface area (Å²) in [6.07, 6.45) is 3.30. The molecule has 0 bridgehead atoms. The highest BCUT2D eigenvalue weighted by atomic mass is 32.2. The van der Waals surface area contributed by atoms with E-state index in [0.29, 0.717) is 4.99 Å². The summed E-state index contributed by atoms with van der Waals surface area (Å²) in [7, 11) is 0. The van der Waals surface area contributed by atoms with E-state index in [0.717, 1.165) is 17.8 Å². The van der Waals surface area contributed by atoms with Crippen molar-refractivity contribution in [1.82, 2.24) is 0 Å². The molecule has 0 aliphatic heterocycles. The summed E-state index contributed by atoms with van der Waals surface area (Å²) in [5.74, 6) is 1.19. The zero-order valence-electron chi connectivity index (χ0n) is 8.82. The average molecular weight is 240 g/mol. The van der Waals surface area contributed by atoms with E-state index in [1.807, 2.05) is 36.0 Å². The second kappa shape index (κ2) is 6.69. The van der Waals surface area contributed by atoms with Gasteiger partial charge in [-0.2, -0.15) is 11.8 Å². The molecule has 0 amide bonds. The fraction of sp³-hybridized carbons (Fsp3) is 0.364. The van der Waals surface area contributed by atoms with Crippen LogP contribution in [0.15, 0.2) is 24.3 Å². The molecule has 0 radical (unpaired) electrons. The number of rotatable bonds is 6. The number of nitrogens with one attached hydrogen (secondary N) is 1. The number of benzene rings is 1. The van der Waals surface area contributed by atoms with Crippen LogP contribution in [0, 0.1) is 0 Å². The molecule has 3 N–H and O–H groups in total. The predicted molar refractivity (Wildman–Crippen MR) is 73.8 cm³/mol. The summed E-state index contributed by atoms with van der Waals surface area (Å²) in [5, 5.41) is 3.35. The van der Waals surface area contributed by atoms with Crippen molar-refractivity contribution in [2.75, 3.05) is 23.9 Å². The summed E-state index contributed by atoms with van der Waals surface area (Å²) in [4.78, 5) is 0.448. The third kappa shape index (κ3) is 4.53. The van der Waals surface area contributed by atoms with Crippen molar-refractivity contribution in [3.63, 3.8) is 0 Å². The maximum absolute atomic E-state index is 5.51. The second-order valence-electron chi connectivity index (χ2n) is 3.21. The largest absolute Gasteiger partial charge is 0.389 e. The van der Waals surface area contributed by atoms with Gasteiger partial charge >= 0.3 is 0 Å². The van der Waals surface area contributed by atoms with E-state index in [9.17, 15) is 0 Å². The Hall–Kier alpha value is -0.740. The highest BCUT2D eigenvalue weighted by Crippen LogP contribution is 2.09. The highest BCUT2D eigenvalue weighted by Gasteiger charge is 1.95. The number of thioether (sulfide) groups is 1. The summed E-state index contributed by atoms with van der Waals surface area (Å²) >= 11 is 6.75. The van der Waals surface area contributed by atoms with Gasteiger partial charge in [0.15, 0.2) is 0 Å². The van der Waals surface area contributed by atoms with E-state index in [4.69, 9.17) is 18.0 Å². The Labute approximate surface area is 101 Å². The number of thiocarbonyl (C=S) groups is 1. The summed E-state index contributed by atoms with van der Waals surface area (Å²) < 4.78 is 0. The molecule has 0 atom stereocenters. The Morgan fingerprint density at radius 1 is 1.40 bits per heavy atom. The average Bonchev–Trinajstić information content (AvgIpc) is 2.25. The fourth-order valence-electron chi connectivity index (χ4n) is 1.20. The standard InChI is InChI=1S/C11H16N2S2/c1-15-8-2-7-13-10-5-3-9(4-6-10)11(12)14/h3-6,13H,2,7-8H2,1H3,(H2,12,14). The van der Waals surface area contributed by atoms with Gasteiger partial charge in [0.1, 0.15) is 4.99 Å². The summed E-state index contributed by atoms with van der Waals surface area (Å²) in [6, 6.07) is 7.90. The third-order valence-corrected chi connectivity index (χ3v) is 2.96. The monoisotopic (exact) mass is 240 g/mol. The quantitative estimate of drug-likeness (QED) is 0.592. The van der Waals surface area contributed by atoms with Crippen LogP contribution in [0.1, 0.15) is 12.0 Å². The Kier molecular flexibility index (Phi) is 5.50. The van der Waals surface area contributed by atoms with Crippen molar-refractivity contribution in [1.29, 1.82) is 0 Å². The zero-order chi connectivity index (χ0) is 11.1. The van der Waals surface area contributed by atoms with Gasteiger partial charge in [-0.25, -0.2) is 0 Å². The lowest BCUT2D eigenvalue weighted by Gasteiger charge is -2.06. The van der Waals surface area contributed by atoms with Gasteiger partial charge in [-0.1, -0.05) is 12.2 Å². The Balaban J connectivity index is 2.39. The van der Waals surface area contributed by atoms with Crippen LogP contribution in [0.4, 0.5) is 5.69 Å². The topological polar surface area (TPSA) is 38.0 Å². The molecule has 0 aromatic heterocycles. The van der Waals surface area contributed by atoms with Crippen LogP contribution in [0.5, 0.6) is 0 Å². The SMILES string of the molecule is CSCCCNc1ccc(C(N)=S)cc1. The van der Waals surface area contributed by atoms with Gasteiger partial charge < -0.3 is 11.1 Å². The Morgan fingerprint density at radius 3 is 2.60 bits per heavy atom. The van der Waals surface area contributed by atoms with E-state index in [2.05, 4.69) is 11.6 Å². The van der Waals surface area contributed by atoms with Crippen molar-refractivity contribution in [3.8, 4) is 0 Å². The van der Waals surface area contributed by atoms with Gasteiger partial charge in [-0.15, -0.1) is 0 Å². The minimum Gasteiger partial charge on any atom is -0.389 e. The first-order valence-corrected chi connectivity index (χ1v) is 6.67. The number of hydrogen-bond donors (Lipinski definition) is 2. The Morgan fingerprint density at radius 2 is 2.07 bits per heavy atom. The third-order valence-electron chi connectivity index (χ3n) is 2.02.